The number of ketones is 1. The second-order valence-corrected chi connectivity index (χ2v) is 4.22. The molecule has 0 saturated heterocycles. The SMILES string of the molecule is COc1cc(O)c(C(=O)c2ccccc2F)cc1Cl. The van der Waals surface area contributed by atoms with Crippen LogP contribution in [0, 0.1) is 5.82 Å². The van der Waals surface area contributed by atoms with E-state index in [1.165, 1.54) is 37.4 Å². The zero-order valence-corrected chi connectivity index (χ0v) is 10.7. The minimum absolute atomic E-state index is 0.0732. The summed E-state index contributed by atoms with van der Waals surface area (Å²) in [5.74, 6) is -1.36. The maximum atomic E-state index is 13.5. The Kier molecular flexibility index (Phi) is 3.71. The zero-order chi connectivity index (χ0) is 14.0. The van der Waals surface area contributed by atoms with Gasteiger partial charge in [-0.2, -0.15) is 0 Å². The number of hydrogen-bond acceptors (Lipinski definition) is 3. The first-order valence-electron chi connectivity index (χ1n) is 5.40. The Morgan fingerprint density at radius 3 is 2.58 bits per heavy atom. The molecule has 0 aliphatic rings. The highest BCUT2D eigenvalue weighted by atomic mass is 35.5. The van der Waals surface area contributed by atoms with Gasteiger partial charge in [-0.1, -0.05) is 23.7 Å². The number of rotatable bonds is 3. The fourth-order valence-corrected chi connectivity index (χ4v) is 1.91. The zero-order valence-electron chi connectivity index (χ0n) is 9.98. The largest absolute Gasteiger partial charge is 0.507 e. The van der Waals surface area contributed by atoms with Gasteiger partial charge >= 0.3 is 0 Å². The molecule has 0 aliphatic heterocycles. The second kappa shape index (κ2) is 5.28. The summed E-state index contributed by atoms with van der Waals surface area (Å²) >= 11 is 5.89. The number of phenols is 1. The Balaban J connectivity index is 2.51. The van der Waals surface area contributed by atoms with Crippen LogP contribution in [0.5, 0.6) is 11.5 Å². The van der Waals surface area contributed by atoms with Gasteiger partial charge < -0.3 is 9.84 Å². The fourth-order valence-electron chi connectivity index (χ4n) is 1.67. The van der Waals surface area contributed by atoms with Gasteiger partial charge in [-0.3, -0.25) is 4.79 Å². The van der Waals surface area contributed by atoms with Crippen molar-refractivity contribution in [1.82, 2.24) is 0 Å². The topological polar surface area (TPSA) is 46.5 Å². The van der Waals surface area contributed by atoms with Crippen LogP contribution in [0.4, 0.5) is 4.39 Å². The summed E-state index contributed by atoms with van der Waals surface area (Å²) in [6.45, 7) is 0. The molecule has 0 heterocycles. The van der Waals surface area contributed by atoms with Crippen LogP contribution in [0.15, 0.2) is 36.4 Å². The number of aromatic hydroxyl groups is 1. The molecular weight excluding hydrogens is 271 g/mol. The van der Waals surface area contributed by atoms with Gasteiger partial charge in [0.2, 0.25) is 0 Å². The fraction of sp³-hybridized carbons (Fsp3) is 0.0714. The molecule has 1 N–H and O–H groups in total. The summed E-state index contributed by atoms with van der Waals surface area (Å²) in [7, 11) is 1.39. The normalized spacial score (nSPS) is 10.3. The molecule has 0 atom stereocenters. The van der Waals surface area contributed by atoms with Gasteiger partial charge in [0.15, 0.2) is 5.78 Å². The van der Waals surface area contributed by atoms with E-state index in [0.717, 1.165) is 0 Å². The van der Waals surface area contributed by atoms with E-state index in [1.54, 1.807) is 6.07 Å². The molecule has 0 spiro atoms. The van der Waals surface area contributed by atoms with E-state index in [-0.39, 0.29) is 27.6 Å². The molecule has 5 heteroatoms. The molecule has 2 rings (SSSR count). The molecule has 98 valence electrons. The van der Waals surface area contributed by atoms with Crippen LogP contribution in [-0.4, -0.2) is 18.0 Å². The van der Waals surface area contributed by atoms with Crippen molar-refractivity contribution in [3.63, 3.8) is 0 Å². The Hall–Kier alpha value is -2.07. The molecular formula is C14H10ClFO3. The predicted molar refractivity (Wildman–Crippen MR) is 69.5 cm³/mol. The first kappa shape index (κ1) is 13.4. The lowest BCUT2D eigenvalue weighted by molar-refractivity contribution is 0.103. The minimum Gasteiger partial charge on any atom is -0.507 e. The summed E-state index contributed by atoms with van der Waals surface area (Å²) < 4.78 is 18.5. The molecule has 3 nitrogen and oxygen atoms in total. The lowest BCUT2D eigenvalue weighted by Gasteiger charge is -2.08. The lowest BCUT2D eigenvalue weighted by atomic mass is 10.0. The van der Waals surface area contributed by atoms with Gasteiger partial charge in [0.1, 0.15) is 17.3 Å². The van der Waals surface area contributed by atoms with Crippen molar-refractivity contribution in [1.29, 1.82) is 0 Å². The number of phenolic OH excluding ortho intramolecular Hbond substituents is 1. The maximum absolute atomic E-state index is 13.5. The van der Waals surface area contributed by atoms with Crippen molar-refractivity contribution in [2.24, 2.45) is 0 Å². The number of halogens is 2. The van der Waals surface area contributed by atoms with Crippen molar-refractivity contribution >= 4 is 17.4 Å². The summed E-state index contributed by atoms with van der Waals surface area (Å²) in [6, 6.07) is 8.01. The van der Waals surface area contributed by atoms with Crippen LogP contribution in [0.1, 0.15) is 15.9 Å². The average Bonchev–Trinajstić information content (AvgIpc) is 2.40. The highest BCUT2D eigenvalue weighted by molar-refractivity contribution is 6.32. The second-order valence-electron chi connectivity index (χ2n) is 3.81. The standard InChI is InChI=1S/C14H10ClFO3/c1-19-13-7-12(17)9(6-10(13)15)14(18)8-4-2-3-5-11(8)16/h2-7,17H,1H3. The highest BCUT2D eigenvalue weighted by Gasteiger charge is 2.19. The molecule has 0 amide bonds. The third-order valence-corrected chi connectivity index (χ3v) is 2.93. The van der Waals surface area contributed by atoms with Crippen molar-refractivity contribution in [3.8, 4) is 11.5 Å². The number of carbonyl (C=O) groups is 1. The number of hydrogen-bond donors (Lipinski definition) is 1. The van der Waals surface area contributed by atoms with Gasteiger partial charge in [0.05, 0.1) is 23.3 Å². The van der Waals surface area contributed by atoms with Crippen LogP contribution < -0.4 is 4.74 Å². The van der Waals surface area contributed by atoms with E-state index >= 15 is 0 Å². The molecule has 0 bridgehead atoms. The molecule has 0 aromatic heterocycles. The molecule has 0 fully saturated rings. The van der Waals surface area contributed by atoms with E-state index in [2.05, 4.69) is 0 Å². The van der Waals surface area contributed by atoms with Gasteiger partial charge in [-0.25, -0.2) is 4.39 Å². The van der Waals surface area contributed by atoms with Crippen LogP contribution in [0.3, 0.4) is 0 Å². The Morgan fingerprint density at radius 2 is 1.95 bits per heavy atom. The molecule has 0 unspecified atom stereocenters. The smallest absolute Gasteiger partial charge is 0.199 e. The summed E-state index contributed by atoms with van der Waals surface area (Å²) in [6.07, 6.45) is 0. The van der Waals surface area contributed by atoms with E-state index in [0.29, 0.717) is 0 Å². The third-order valence-electron chi connectivity index (χ3n) is 2.63. The molecule has 19 heavy (non-hydrogen) atoms. The molecule has 0 radical (unpaired) electrons. The van der Waals surface area contributed by atoms with Crippen molar-refractivity contribution in [3.05, 3.63) is 58.4 Å². The Morgan fingerprint density at radius 1 is 1.26 bits per heavy atom. The number of ether oxygens (including phenoxy) is 1. The maximum Gasteiger partial charge on any atom is 0.199 e. The summed E-state index contributed by atoms with van der Waals surface area (Å²) in [4.78, 5) is 12.1. The third kappa shape index (κ3) is 2.53. The monoisotopic (exact) mass is 280 g/mol. The minimum atomic E-state index is -0.654. The lowest BCUT2D eigenvalue weighted by Crippen LogP contribution is -2.04. The van der Waals surface area contributed by atoms with E-state index in [4.69, 9.17) is 16.3 Å². The molecule has 2 aromatic carbocycles. The van der Waals surface area contributed by atoms with Crippen molar-refractivity contribution < 1.29 is 19.0 Å². The van der Waals surface area contributed by atoms with Crippen molar-refractivity contribution in [2.45, 2.75) is 0 Å². The first-order valence-corrected chi connectivity index (χ1v) is 5.78. The first-order chi connectivity index (χ1) is 9.04. The Bertz CT molecular complexity index is 641. The summed E-state index contributed by atoms with van der Waals surface area (Å²) in [5.41, 5.74) is -0.199. The highest BCUT2D eigenvalue weighted by Crippen LogP contribution is 2.33. The Labute approximate surface area is 114 Å². The van der Waals surface area contributed by atoms with Gasteiger partial charge in [0, 0.05) is 6.07 Å². The van der Waals surface area contributed by atoms with Crippen LogP contribution in [0.2, 0.25) is 5.02 Å². The van der Waals surface area contributed by atoms with E-state index in [9.17, 15) is 14.3 Å². The number of methoxy groups -OCH3 is 1. The molecule has 0 aliphatic carbocycles. The van der Waals surface area contributed by atoms with E-state index in [1.807, 2.05) is 0 Å². The molecule has 0 saturated carbocycles. The van der Waals surface area contributed by atoms with Crippen molar-refractivity contribution in [2.75, 3.05) is 7.11 Å². The summed E-state index contributed by atoms with van der Waals surface area (Å²) in [5, 5.41) is 9.95. The average molecular weight is 281 g/mol. The van der Waals surface area contributed by atoms with Gasteiger partial charge in [-0.15, -0.1) is 0 Å². The van der Waals surface area contributed by atoms with E-state index < -0.39 is 11.6 Å². The van der Waals surface area contributed by atoms with Crippen LogP contribution >= 0.6 is 11.6 Å². The van der Waals surface area contributed by atoms with Gasteiger partial charge in [-0.05, 0) is 18.2 Å². The predicted octanol–water partition coefficient (Wildman–Crippen LogP) is 3.42. The quantitative estimate of drug-likeness (QED) is 0.876. The number of carbonyl (C=O) groups excluding carboxylic acids is 1. The van der Waals surface area contributed by atoms with Gasteiger partial charge in [0.25, 0.3) is 0 Å². The number of benzene rings is 2. The molecule has 2 aromatic rings. The van der Waals surface area contributed by atoms with Crippen LogP contribution in [0.25, 0.3) is 0 Å². The van der Waals surface area contributed by atoms with Crippen LogP contribution in [-0.2, 0) is 0 Å².